The molecule has 0 unspecified atom stereocenters. The molecule has 9 aromatic carbocycles. The Hall–Kier alpha value is -13.4. The summed E-state index contributed by atoms with van der Waals surface area (Å²) < 4.78 is 0. The smallest absolute Gasteiger partial charge is 0.357 e. The molecule has 24 heteroatoms. The number of fused-ring (bicyclic) bond motifs is 25. The molecule has 7 aliphatic heterocycles. The maximum absolute atomic E-state index is 14.3. The van der Waals surface area contributed by atoms with Crippen molar-refractivity contribution in [1.29, 1.82) is 0 Å². The molecule has 0 spiro atoms. The van der Waals surface area contributed by atoms with Gasteiger partial charge in [0.15, 0.2) is 0 Å². The summed E-state index contributed by atoms with van der Waals surface area (Å²) in [5, 5.41) is 1.66. The third-order valence-corrected chi connectivity index (χ3v) is 19.3. The van der Waals surface area contributed by atoms with Crippen LogP contribution in [0.3, 0.4) is 0 Å². The van der Waals surface area contributed by atoms with Crippen LogP contribution in [0, 0.1) is 0 Å². The van der Waals surface area contributed by atoms with Gasteiger partial charge < -0.3 is 29.9 Å². The Morgan fingerprint density at radius 2 is 0.505 bits per heavy atom. The third kappa shape index (κ3) is 9.05. The summed E-state index contributed by atoms with van der Waals surface area (Å²) in [6.07, 6.45) is 0. The first-order valence-corrected chi connectivity index (χ1v) is 31.7. The molecule has 19 rings (SSSR count). The summed E-state index contributed by atoms with van der Waals surface area (Å²) in [6.45, 7) is -1.17. The summed E-state index contributed by atoms with van der Waals surface area (Å²) >= 11 is 0. The van der Waals surface area contributed by atoms with Gasteiger partial charge in [-0.2, -0.15) is 0 Å². The van der Waals surface area contributed by atoms with Gasteiger partial charge in [0.05, 0.1) is 112 Å². The molecule has 0 aliphatic carbocycles. The van der Waals surface area contributed by atoms with Gasteiger partial charge in [-0.15, -0.1) is 0 Å². The Morgan fingerprint density at radius 1 is 0.238 bits per heavy atom. The maximum atomic E-state index is 14.3. The molecule has 7 aliphatic rings. The fraction of sp³-hybridized carbons (Fsp3) is 0.0649. The molecule has 12 aromatic rings. The van der Waals surface area contributed by atoms with Gasteiger partial charge in [0.25, 0.3) is 59.1 Å². The van der Waals surface area contributed by atoms with E-state index in [2.05, 4.69) is 0 Å². The van der Waals surface area contributed by atoms with Gasteiger partial charge in [0.2, 0.25) is 0 Å². The van der Waals surface area contributed by atoms with Crippen LogP contribution in [0.4, 0.5) is 0 Å². The van der Waals surface area contributed by atoms with E-state index in [-0.39, 0.29) is 151 Å². The zero-order valence-electron chi connectivity index (χ0n) is 52.1. The Labute approximate surface area is 579 Å². The van der Waals surface area contributed by atoms with Crippen molar-refractivity contribution < 1.29 is 65.0 Å². The minimum absolute atomic E-state index is 0. The van der Waals surface area contributed by atoms with Crippen molar-refractivity contribution in [3.63, 3.8) is 0 Å². The van der Waals surface area contributed by atoms with Crippen LogP contribution in [-0.4, -0.2) is 113 Å². The third-order valence-electron chi connectivity index (χ3n) is 19.3. The van der Waals surface area contributed by atoms with Gasteiger partial charge in [0, 0.05) is 44.8 Å². The largest absolute Gasteiger partial charge is 2.00 e. The summed E-state index contributed by atoms with van der Waals surface area (Å²) in [4.78, 5) is 188. The standard InChI is InChI=1S/C77H41N13O10.Cu/c91-68-44-13-1-2-14-45(44)69(92)86(68)32-37-24-26-42-55(28-37)63-79-60(42)78-62-54-23-11-12-39(34-88-72(95)48-17-5-6-18-49(48)73(88)96)59(54)67(85-62)84-61-43-27-25-38(33-87-70(93)46-15-3-4-16-47(46)71(87)94)29-56(43)64(80-61)82-66-58-31-41(36-90-76(99)52-21-9-10-22-53(52)77(90)100)40(30-57(58)65(81-63)83-66)35-89-74(97)50-19-7-8-20-51(50)75(89)98;/h1-31H,32-36H2;/q-2;+2. The first-order chi connectivity index (χ1) is 48.7. The van der Waals surface area contributed by atoms with E-state index in [9.17, 15) is 47.9 Å². The maximum Gasteiger partial charge on any atom is 2.00 e. The van der Waals surface area contributed by atoms with Crippen molar-refractivity contribution in [2.24, 2.45) is 0 Å². The Morgan fingerprint density at radius 3 is 0.842 bits per heavy atom. The molecule has 3 aromatic heterocycles. The van der Waals surface area contributed by atoms with E-state index in [1.54, 1.807) is 188 Å². The topological polar surface area (TPSA) is 292 Å². The summed E-state index contributed by atoms with van der Waals surface area (Å²) in [7, 11) is 0. The molecule has 101 heavy (non-hydrogen) atoms. The zero-order chi connectivity index (χ0) is 67.7. The monoisotopic (exact) mass is 1370 g/mol. The van der Waals surface area contributed by atoms with Gasteiger partial charge in [-0.3, -0.25) is 72.4 Å². The van der Waals surface area contributed by atoms with Crippen LogP contribution in [0.5, 0.6) is 0 Å². The molecule has 10 heterocycles. The number of carbonyl (C=O) groups is 10. The van der Waals surface area contributed by atoms with Crippen LogP contribution in [0.15, 0.2) is 188 Å². The number of aromatic nitrogens is 8. The van der Waals surface area contributed by atoms with Crippen LogP contribution in [0.25, 0.3) is 89.7 Å². The molecule has 1 radical (unpaired) electrons. The second-order valence-corrected chi connectivity index (χ2v) is 25.0. The predicted molar refractivity (Wildman–Crippen MR) is 357 cm³/mol. The molecule has 10 amide bonds. The normalized spacial score (nSPS) is 14.8. The van der Waals surface area contributed by atoms with Crippen LogP contribution in [-0.2, 0) is 49.8 Å². The molecule has 0 fully saturated rings. The average Bonchev–Trinajstić information content (AvgIpc) is 1.59. The van der Waals surface area contributed by atoms with E-state index < -0.39 is 59.1 Å². The van der Waals surface area contributed by atoms with E-state index in [4.69, 9.17) is 39.9 Å². The fourth-order valence-electron chi connectivity index (χ4n) is 14.4. The minimum Gasteiger partial charge on any atom is -0.357 e. The number of hydrogen-bond acceptors (Lipinski definition) is 16. The van der Waals surface area contributed by atoms with E-state index in [1.807, 2.05) is 0 Å². The molecule has 0 N–H and O–H groups in total. The predicted octanol–water partition coefficient (Wildman–Crippen LogP) is 10.1. The van der Waals surface area contributed by atoms with Crippen molar-refractivity contribution in [3.8, 4) is 45.6 Å². The van der Waals surface area contributed by atoms with Crippen LogP contribution in [0.1, 0.15) is 131 Å². The van der Waals surface area contributed by atoms with Crippen molar-refractivity contribution in [1.82, 2.24) is 64.4 Å². The summed E-state index contributed by atoms with van der Waals surface area (Å²) in [5.74, 6) is -4.94. The van der Waals surface area contributed by atoms with Crippen LogP contribution < -0.4 is 9.97 Å². The SMILES string of the molecule is O=C1c2ccccc2C(=O)N1Cc1ccc2c3nc4nc(nc5[n-]c(nc6nc(nc([n-]3)c2c1)-c1cc(CN2C(=O)c3ccccc3C2=O)c(CN2C(=O)c3ccccc3C2=O)cc1-6)c1cc(CN2C(=O)c3ccccc3C2=O)ccc51)-c1c(CN2C(=O)c3ccccc3C2=O)cccc1-4.[Cu+2]. The first-order valence-electron chi connectivity index (χ1n) is 31.7. The van der Waals surface area contributed by atoms with Crippen molar-refractivity contribution >= 4 is 103 Å². The van der Waals surface area contributed by atoms with Crippen molar-refractivity contribution in [2.45, 2.75) is 32.7 Å². The second-order valence-electron chi connectivity index (χ2n) is 25.0. The Kier molecular flexibility index (Phi) is 13.3. The van der Waals surface area contributed by atoms with E-state index in [1.165, 1.54) is 0 Å². The van der Waals surface area contributed by atoms with Gasteiger partial charge in [-0.1, -0.05) is 103 Å². The number of hydrogen-bond donors (Lipinski definition) is 0. The average molecular weight is 1370 g/mol. The molecule has 0 saturated carbocycles. The van der Waals surface area contributed by atoms with Crippen molar-refractivity contribution in [3.05, 3.63) is 272 Å². The number of imide groups is 5. The molecule has 485 valence electrons. The van der Waals surface area contributed by atoms with Gasteiger partial charge in [-0.05, 0) is 134 Å². The molecule has 0 saturated heterocycles. The summed E-state index contributed by atoms with van der Waals surface area (Å²) in [5.41, 5.74) is 6.29. The van der Waals surface area contributed by atoms with Crippen LogP contribution in [0.2, 0.25) is 0 Å². The number of carbonyl (C=O) groups excluding carboxylic acids is 10. The molecular formula is C77H41CuN13O10. The molecular weight excluding hydrogens is 1330 g/mol. The zero-order valence-corrected chi connectivity index (χ0v) is 53.1. The summed E-state index contributed by atoms with van der Waals surface area (Å²) in [6, 6.07) is 51.8. The molecule has 8 bridgehead atoms. The molecule has 0 atom stereocenters. The fourth-order valence-corrected chi connectivity index (χ4v) is 14.4. The van der Waals surface area contributed by atoms with Crippen LogP contribution >= 0.6 is 0 Å². The number of benzene rings is 9. The number of amides is 10. The van der Waals surface area contributed by atoms with Gasteiger partial charge in [-0.25, -0.2) is 9.97 Å². The Balaban J connectivity index is 0.00000733. The second kappa shape index (κ2) is 22.3. The minimum atomic E-state index is -0.570. The Bertz CT molecular complexity index is 5980. The quantitative estimate of drug-likeness (QED) is 0.0908. The van der Waals surface area contributed by atoms with E-state index >= 15 is 0 Å². The van der Waals surface area contributed by atoms with Gasteiger partial charge in [0.1, 0.15) is 0 Å². The number of rotatable bonds is 10. The van der Waals surface area contributed by atoms with E-state index in [0.29, 0.717) is 71.6 Å². The molecule has 23 nitrogen and oxygen atoms in total. The number of nitrogens with zero attached hydrogens (tertiary/aromatic N) is 13. The first kappa shape index (κ1) is 60.0. The van der Waals surface area contributed by atoms with Gasteiger partial charge >= 0.3 is 17.1 Å². The van der Waals surface area contributed by atoms with E-state index in [0.717, 1.165) is 24.5 Å². The van der Waals surface area contributed by atoms with Crippen molar-refractivity contribution in [2.75, 3.05) is 0 Å².